The van der Waals surface area contributed by atoms with Crippen LogP contribution in [0.15, 0.2) is 23.8 Å². The maximum Gasteiger partial charge on any atom is 0.335 e. The Morgan fingerprint density at radius 1 is 1.22 bits per heavy atom. The highest BCUT2D eigenvalue weighted by molar-refractivity contribution is 7.91. The predicted molar refractivity (Wildman–Crippen MR) is 113 cm³/mol. The zero-order valence-electron chi connectivity index (χ0n) is 17.1. The van der Waals surface area contributed by atoms with Crippen molar-refractivity contribution in [1.29, 1.82) is 0 Å². The summed E-state index contributed by atoms with van der Waals surface area (Å²) in [5.74, 6) is -3.68. The van der Waals surface area contributed by atoms with Crippen LogP contribution in [0.4, 0.5) is 4.39 Å². The highest BCUT2D eigenvalue weighted by Crippen LogP contribution is 2.42. The average molecular weight is 513 g/mol. The Morgan fingerprint density at radius 2 is 1.78 bits per heavy atom. The largest absolute Gasteiger partial charge is 0.463 e. The van der Waals surface area contributed by atoms with Crippen LogP contribution in [-0.4, -0.2) is 67.7 Å². The quantitative estimate of drug-likeness (QED) is 0.533. The maximum absolute atomic E-state index is 13.5. The standard InChI is InChI=1S/C20H23Cl2FO8S/c1-2-29-19(26)12-7-20(30-16(8-24)17(9-25)31-20)4-3-18(12)32(27,28)10-13-14(21)5-11(23)6-15(13)22/h5-7,16-18,24-25H,2-4,8-10H2,1H3/t16-,17-,18?/m1/s1. The number of aliphatic hydroxyl groups excluding tert-OH is 2. The molecule has 0 aromatic heterocycles. The molecule has 1 saturated heterocycles. The van der Waals surface area contributed by atoms with E-state index in [0.717, 1.165) is 12.1 Å². The van der Waals surface area contributed by atoms with Gasteiger partial charge in [-0.1, -0.05) is 23.2 Å². The van der Waals surface area contributed by atoms with E-state index in [0.29, 0.717) is 0 Å². The Labute approximate surface area is 194 Å². The van der Waals surface area contributed by atoms with Crippen molar-refractivity contribution in [3.05, 3.63) is 45.2 Å². The van der Waals surface area contributed by atoms with E-state index in [1.807, 2.05) is 0 Å². The maximum atomic E-state index is 13.5. The number of benzene rings is 1. The summed E-state index contributed by atoms with van der Waals surface area (Å²) in [6, 6.07) is 1.92. The molecule has 1 aromatic rings. The van der Waals surface area contributed by atoms with Crippen LogP contribution in [0.2, 0.25) is 10.0 Å². The lowest BCUT2D eigenvalue weighted by molar-refractivity contribution is -0.154. The van der Waals surface area contributed by atoms with E-state index in [1.165, 1.54) is 6.08 Å². The Balaban J connectivity index is 1.98. The molecule has 2 aliphatic rings. The second-order valence-corrected chi connectivity index (χ2v) is 10.5. The van der Waals surface area contributed by atoms with Gasteiger partial charge in [0, 0.05) is 22.0 Å². The highest BCUT2D eigenvalue weighted by atomic mass is 35.5. The highest BCUT2D eigenvalue weighted by Gasteiger charge is 2.51. The first-order valence-corrected chi connectivity index (χ1v) is 12.3. The summed E-state index contributed by atoms with van der Waals surface area (Å²) in [6.07, 6.45) is -0.477. The van der Waals surface area contributed by atoms with E-state index in [4.69, 9.17) is 37.4 Å². The van der Waals surface area contributed by atoms with E-state index in [2.05, 4.69) is 0 Å². The monoisotopic (exact) mass is 512 g/mol. The minimum atomic E-state index is -4.06. The van der Waals surface area contributed by atoms with Crippen molar-refractivity contribution in [2.75, 3.05) is 19.8 Å². The van der Waals surface area contributed by atoms with E-state index in [-0.39, 0.29) is 40.6 Å². The van der Waals surface area contributed by atoms with Crippen LogP contribution in [0.1, 0.15) is 25.3 Å². The zero-order chi connectivity index (χ0) is 23.7. The van der Waals surface area contributed by atoms with E-state index >= 15 is 0 Å². The summed E-state index contributed by atoms with van der Waals surface area (Å²) in [7, 11) is -4.06. The van der Waals surface area contributed by atoms with Crippen LogP contribution in [0.5, 0.6) is 0 Å². The number of carbonyl (C=O) groups is 1. The second-order valence-electron chi connectivity index (χ2n) is 7.49. The molecule has 1 aliphatic carbocycles. The minimum absolute atomic E-state index is 0.00576. The third-order valence-corrected chi connectivity index (χ3v) is 8.07. The molecule has 1 heterocycles. The van der Waals surface area contributed by atoms with Crippen LogP contribution >= 0.6 is 23.2 Å². The third-order valence-electron chi connectivity index (χ3n) is 5.35. The topological polar surface area (TPSA) is 119 Å². The van der Waals surface area contributed by atoms with Gasteiger partial charge in [-0.3, -0.25) is 0 Å². The number of halogens is 3. The van der Waals surface area contributed by atoms with E-state index in [9.17, 15) is 27.8 Å². The Bertz CT molecular complexity index is 978. The molecule has 1 unspecified atom stereocenters. The first kappa shape index (κ1) is 25.4. The first-order chi connectivity index (χ1) is 15.1. The molecule has 0 amide bonds. The molecular formula is C20H23Cl2FO8S. The van der Waals surface area contributed by atoms with Gasteiger partial charge in [-0.05, 0) is 31.6 Å². The molecule has 0 radical (unpaired) electrons. The van der Waals surface area contributed by atoms with Gasteiger partial charge in [0.05, 0.1) is 36.4 Å². The van der Waals surface area contributed by atoms with E-state index < -0.39 is 63.8 Å². The second kappa shape index (κ2) is 9.92. The van der Waals surface area contributed by atoms with E-state index in [1.54, 1.807) is 6.92 Å². The summed E-state index contributed by atoms with van der Waals surface area (Å²) in [6.45, 7) is 0.717. The molecular weight excluding hydrogens is 490 g/mol. The lowest BCUT2D eigenvalue weighted by atomic mass is 9.94. The number of sulfone groups is 1. The van der Waals surface area contributed by atoms with Gasteiger partial charge in [0.15, 0.2) is 15.6 Å². The summed E-state index contributed by atoms with van der Waals surface area (Å²) < 4.78 is 56.6. The Hall–Kier alpha value is -1.27. The van der Waals surface area contributed by atoms with Gasteiger partial charge in [0.1, 0.15) is 18.0 Å². The molecule has 32 heavy (non-hydrogen) atoms. The molecule has 178 valence electrons. The van der Waals surface area contributed by atoms with Crippen molar-refractivity contribution >= 4 is 39.0 Å². The predicted octanol–water partition coefficient (Wildman–Crippen LogP) is 2.16. The van der Waals surface area contributed by atoms with Gasteiger partial charge in [-0.2, -0.15) is 0 Å². The van der Waals surface area contributed by atoms with Crippen molar-refractivity contribution in [2.24, 2.45) is 0 Å². The fourth-order valence-electron chi connectivity index (χ4n) is 3.87. The molecule has 0 bridgehead atoms. The van der Waals surface area contributed by atoms with Gasteiger partial charge in [-0.15, -0.1) is 0 Å². The van der Waals surface area contributed by atoms with Gasteiger partial charge in [0.25, 0.3) is 0 Å². The fourth-order valence-corrected chi connectivity index (χ4v) is 6.56. The zero-order valence-corrected chi connectivity index (χ0v) is 19.4. The molecule has 3 rings (SSSR count). The van der Waals surface area contributed by atoms with Gasteiger partial charge >= 0.3 is 5.97 Å². The summed E-state index contributed by atoms with van der Waals surface area (Å²) >= 11 is 12.0. The van der Waals surface area contributed by atoms with Crippen LogP contribution in [0.3, 0.4) is 0 Å². The molecule has 1 aromatic carbocycles. The van der Waals surface area contributed by atoms with Crippen LogP contribution in [0.25, 0.3) is 0 Å². The fraction of sp³-hybridized carbons (Fsp3) is 0.550. The third kappa shape index (κ3) is 5.11. The summed E-state index contributed by atoms with van der Waals surface area (Å²) in [4.78, 5) is 12.7. The van der Waals surface area contributed by atoms with Crippen molar-refractivity contribution in [3.8, 4) is 0 Å². The lowest BCUT2D eigenvalue weighted by Crippen LogP contribution is -2.41. The molecule has 1 fully saturated rings. The van der Waals surface area contributed by atoms with Crippen molar-refractivity contribution in [2.45, 2.75) is 48.8 Å². The van der Waals surface area contributed by atoms with Crippen molar-refractivity contribution in [1.82, 2.24) is 0 Å². The van der Waals surface area contributed by atoms with Crippen LogP contribution in [-0.2, 0) is 34.6 Å². The molecule has 12 heteroatoms. The summed E-state index contributed by atoms with van der Waals surface area (Å²) in [5.41, 5.74) is -0.171. The number of carbonyl (C=O) groups excluding carboxylic acids is 1. The Morgan fingerprint density at radius 3 is 2.28 bits per heavy atom. The number of aliphatic hydroxyl groups is 2. The lowest BCUT2D eigenvalue weighted by Gasteiger charge is -2.33. The van der Waals surface area contributed by atoms with Crippen LogP contribution < -0.4 is 0 Å². The SMILES string of the molecule is CCOC(=O)C1=CC2(CCC1S(=O)(=O)Cc1c(Cl)cc(F)cc1Cl)O[C@H](CO)[C@@H](CO)O2. The van der Waals surface area contributed by atoms with Crippen LogP contribution in [0, 0.1) is 5.82 Å². The number of hydrogen-bond acceptors (Lipinski definition) is 8. The molecule has 3 atom stereocenters. The normalized spacial score (nSPS) is 25.1. The first-order valence-electron chi connectivity index (χ1n) is 9.88. The van der Waals surface area contributed by atoms with Gasteiger partial charge in [0.2, 0.25) is 0 Å². The number of ether oxygens (including phenoxy) is 3. The minimum Gasteiger partial charge on any atom is -0.463 e. The van der Waals surface area contributed by atoms with Gasteiger partial charge < -0.3 is 24.4 Å². The summed E-state index contributed by atoms with van der Waals surface area (Å²) in [5, 5.41) is 17.4. The number of esters is 1. The average Bonchev–Trinajstić information content (AvgIpc) is 3.07. The van der Waals surface area contributed by atoms with Crippen molar-refractivity contribution < 1.29 is 42.0 Å². The Kier molecular flexibility index (Phi) is 7.86. The molecule has 1 spiro atoms. The molecule has 1 aliphatic heterocycles. The van der Waals surface area contributed by atoms with Gasteiger partial charge in [-0.25, -0.2) is 17.6 Å². The smallest absolute Gasteiger partial charge is 0.335 e. The number of hydrogen-bond donors (Lipinski definition) is 2. The van der Waals surface area contributed by atoms with Crippen molar-refractivity contribution in [3.63, 3.8) is 0 Å². The molecule has 8 nitrogen and oxygen atoms in total. The number of rotatable bonds is 7. The molecule has 0 saturated carbocycles. The molecule has 2 N–H and O–H groups in total.